The summed E-state index contributed by atoms with van der Waals surface area (Å²) in [5.74, 6) is -0.470. The highest BCUT2D eigenvalue weighted by atomic mass is 35.5. The molecule has 0 bridgehead atoms. The molecule has 0 unspecified atom stereocenters. The molecule has 9 heteroatoms. The van der Waals surface area contributed by atoms with E-state index in [1.54, 1.807) is 18.2 Å². The first kappa shape index (κ1) is 20.6. The summed E-state index contributed by atoms with van der Waals surface area (Å²) in [7, 11) is 0. The molecule has 1 heterocycles. The van der Waals surface area contributed by atoms with Crippen LogP contribution in [-0.4, -0.2) is 21.6 Å². The summed E-state index contributed by atoms with van der Waals surface area (Å²) in [6.07, 6.45) is 1.53. The van der Waals surface area contributed by atoms with E-state index in [2.05, 4.69) is 10.5 Å². The number of non-ortho nitro benzene ring substituents is 1. The topological polar surface area (TPSA) is 89.5 Å². The van der Waals surface area contributed by atoms with Crippen molar-refractivity contribution in [3.05, 3.63) is 91.2 Å². The average Bonchev–Trinajstić information content (AvgIpc) is 2.97. The van der Waals surface area contributed by atoms with Crippen molar-refractivity contribution in [3.8, 4) is 5.69 Å². The number of benzene rings is 2. The van der Waals surface area contributed by atoms with Crippen LogP contribution >= 0.6 is 23.2 Å². The van der Waals surface area contributed by atoms with Crippen molar-refractivity contribution in [1.82, 2.24) is 9.99 Å². The van der Waals surface area contributed by atoms with Gasteiger partial charge in [-0.15, -0.1) is 0 Å². The van der Waals surface area contributed by atoms with Gasteiger partial charge in [-0.3, -0.25) is 14.9 Å². The minimum absolute atomic E-state index is 0.0860. The van der Waals surface area contributed by atoms with Gasteiger partial charge in [0.15, 0.2) is 0 Å². The molecule has 0 saturated carbocycles. The molecule has 1 aromatic heterocycles. The van der Waals surface area contributed by atoms with Gasteiger partial charge >= 0.3 is 0 Å². The lowest BCUT2D eigenvalue weighted by molar-refractivity contribution is -0.384. The zero-order chi connectivity index (χ0) is 21.1. The SMILES string of the molecule is Cc1cc(/C=N\NC(=O)c2ccc([N+](=O)[O-])cc2)c(C)n1-c1cc(Cl)ccc1Cl. The normalized spacial score (nSPS) is 11.0. The number of nitrogens with one attached hydrogen (secondary N) is 1. The van der Waals surface area contributed by atoms with Crippen molar-refractivity contribution < 1.29 is 9.72 Å². The molecule has 0 aliphatic heterocycles. The number of nitrogens with zero attached hydrogens (tertiary/aromatic N) is 3. The first-order valence-electron chi connectivity index (χ1n) is 8.50. The monoisotopic (exact) mass is 430 g/mol. The standard InChI is InChI=1S/C20H16Cl2N4O3/c1-12-9-15(13(2)25(12)19-10-16(21)5-8-18(19)22)11-23-24-20(27)14-3-6-17(7-4-14)26(28)29/h3-11H,1-2H3,(H,24,27)/b23-11-. The average molecular weight is 431 g/mol. The second-order valence-corrected chi connectivity index (χ2v) is 7.10. The van der Waals surface area contributed by atoms with Gasteiger partial charge in [-0.1, -0.05) is 23.2 Å². The zero-order valence-electron chi connectivity index (χ0n) is 15.5. The third kappa shape index (κ3) is 4.47. The van der Waals surface area contributed by atoms with Crippen LogP contribution in [0.1, 0.15) is 27.3 Å². The Labute approximate surface area is 176 Å². The summed E-state index contributed by atoms with van der Waals surface area (Å²) in [6.45, 7) is 3.83. The number of halogens is 2. The minimum Gasteiger partial charge on any atom is -0.316 e. The summed E-state index contributed by atoms with van der Waals surface area (Å²) in [6, 6.07) is 12.4. The van der Waals surface area contributed by atoms with E-state index in [0.29, 0.717) is 10.0 Å². The molecule has 2 aromatic carbocycles. The lowest BCUT2D eigenvalue weighted by atomic mass is 10.2. The van der Waals surface area contributed by atoms with Crippen LogP contribution in [0.5, 0.6) is 0 Å². The number of nitro benzene ring substituents is 1. The summed E-state index contributed by atoms with van der Waals surface area (Å²) in [5.41, 5.74) is 5.95. The first-order valence-corrected chi connectivity index (χ1v) is 9.25. The van der Waals surface area contributed by atoms with Gasteiger partial charge in [0.2, 0.25) is 0 Å². The quantitative estimate of drug-likeness (QED) is 0.347. The molecule has 148 valence electrons. The van der Waals surface area contributed by atoms with Crippen LogP contribution in [0.4, 0.5) is 5.69 Å². The number of amides is 1. The van der Waals surface area contributed by atoms with Crippen molar-refractivity contribution in [3.63, 3.8) is 0 Å². The van der Waals surface area contributed by atoms with E-state index >= 15 is 0 Å². The molecule has 3 rings (SSSR count). The molecule has 0 fully saturated rings. The van der Waals surface area contributed by atoms with E-state index < -0.39 is 10.8 Å². The van der Waals surface area contributed by atoms with Gasteiger partial charge in [0.25, 0.3) is 11.6 Å². The molecule has 0 saturated heterocycles. The number of nitro groups is 1. The molecule has 0 aliphatic rings. The molecule has 0 spiro atoms. The Morgan fingerprint density at radius 2 is 1.83 bits per heavy atom. The van der Waals surface area contributed by atoms with Crippen LogP contribution in [0.3, 0.4) is 0 Å². The van der Waals surface area contributed by atoms with E-state index in [0.717, 1.165) is 22.6 Å². The molecule has 0 radical (unpaired) electrons. The maximum Gasteiger partial charge on any atom is 0.271 e. The molecule has 7 nitrogen and oxygen atoms in total. The Hall–Kier alpha value is -3.16. The highest BCUT2D eigenvalue weighted by Crippen LogP contribution is 2.28. The predicted octanol–water partition coefficient (Wildman–Crippen LogP) is 5.07. The van der Waals surface area contributed by atoms with Gasteiger partial charge in [-0.25, -0.2) is 5.43 Å². The van der Waals surface area contributed by atoms with Crippen molar-refractivity contribution in [2.75, 3.05) is 0 Å². The van der Waals surface area contributed by atoms with E-state index in [9.17, 15) is 14.9 Å². The minimum atomic E-state index is -0.526. The second kappa shape index (κ2) is 8.46. The highest BCUT2D eigenvalue weighted by molar-refractivity contribution is 6.34. The van der Waals surface area contributed by atoms with Gasteiger partial charge in [-0.2, -0.15) is 5.10 Å². The third-order valence-corrected chi connectivity index (χ3v) is 4.88. The molecule has 29 heavy (non-hydrogen) atoms. The second-order valence-electron chi connectivity index (χ2n) is 6.26. The summed E-state index contributed by atoms with van der Waals surface area (Å²) in [5, 5.41) is 15.8. The van der Waals surface area contributed by atoms with Crippen molar-refractivity contribution in [2.45, 2.75) is 13.8 Å². The largest absolute Gasteiger partial charge is 0.316 e. The molecular formula is C20H16Cl2N4O3. The Morgan fingerprint density at radius 3 is 2.48 bits per heavy atom. The van der Waals surface area contributed by atoms with Gasteiger partial charge in [0.05, 0.1) is 21.8 Å². The van der Waals surface area contributed by atoms with Gasteiger partial charge in [0.1, 0.15) is 0 Å². The smallest absolute Gasteiger partial charge is 0.271 e. The fourth-order valence-corrected chi connectivity index (χ4v) is 3.27. The van der Waals surface area contributed by atoms with Gasteiger partial charge in [-0.05, 0) is 50.2 Å². The number of carbonyl (C=O) groups is 1. The van der Waals surface area contributed by atoms with Crippen molar-refractivity contribution in [2.24, 2.45) is 5.10 Å². The molecule has 0 aliphatic carbocycles. The Morgan fingerprint density at radius 1 is 1.14 bits per heavy atom. The Kier molecular flexibility index (Phi) is 6.00. The maximum atomic E-state index is 12.1. The molecule has 1 N–H and O–H groups in total. The molecular weight excluding hydrogens is 415 g/mol. The van der Waals surface area contributed by atoms with E-state index in [4.69, 9.17) is 23.2 Å². The number of rotatable bonds is 5. The van der Waals surface area contributed by atoms with Crippen LogP contribution < -0.4 is 5.43 Å². The highest BCUT2D eigenvalue weighted by Gasteiger charge is 2.13. The van der Waals surface area contributed by atoms with Crippen molar-refractivity contribution >= 4 is 41.0 Å². The Bertz CT molecular complexity index is 1120. The molecule has 0 atom stereocenters. The van der Waals surface area contributed by atoms with Crippen molar-refractivity contribution in [1.29, 1.82) is 0 Å². The lowest BCUT2D eigenvalue weighted by Gasteiger charge is -2.12. The van der Waals surface area contributed by atoms with Crippen LogP contribution in [0.2, 0.25) is 10.0 Å². The number of hydrogen-bond acceptors (Lipinski definition) is 4. The fraction of sp³-hybridized carbons (Fsp3) is 0.100. The van der Waals surface area contributed by atoms with Crippen LogP contribution in [0, 0.1) is 24.0 Å². The number of carbonyl (C=O) groups excluding carboxylic acids is 1. The third-order valence-electron chi connectivity index (χ3n) is 4.33. The summed E-state index contributed by atoms with van der Waals surface area (Å²) in [4.78, 5) is 22.3. The molecule has 1 amide bonds. The van der Waals surface area contributed by atoms with E-state index in [1.807, 2.05) is 24.5 Å². The zero-order valence-corrected chi connectivity index (χ0v) is 17.0. The van der Waals surface area contributed by atoms with E-state index in [1.165, 1.54) is 30.5 Å². The van der Waals surface area contributed by atoms with Crippen LogP contribution in [-0.2, 0) is 0 Å². The maximum absolute atomic E-state index is 12.1. The van der Waals surface area contributed by atoms with E-state index in [-0.39, 0.29) is 11.3 Å². The number of hydrogen-bond donors (Lipinski definition) is 1. The van der Waals surface area contributed by atoms with Gasteiger partial charge in [0, 0.05) is 39.7 Å². The predicted molar refractivity (Wildman–Crippen MR) is 113 cm³/mol. The summed E-state index contributed by atoms with van der Waals surface area (Å²) >= 11 is 12.4. The first-order chi connectivity index (χ1) is 13.8. The fourth-order valence-electron chi connectivity index (χ4n) is 2.91. The lowest BCUT2D eigenvalue weighted by Crippen LogP contribution is -2.17. The number of hydrazone groups is 1. The number of aryl methyl sites for hydroxylation is 1. The number of aromatic nitrogens is 1. The van der Waals surface area contributed by atoms with Crippen LogP contribution in [0.15, 0.2) is 53.6 Å². The molecule has 3 aromatic rings. The summed E-state index contributed by atoms with van der Waals surface area (Å²) < 4.78 is 1.95. The Balaban J connectivity index is 1.78. The van der Waals surface area contributed by atoms with Gasteiger partial charge < -0.3 is 4.57 Å². The van der Waals surface area contributed by atoms with Crippen LogP contribution in [0.25, 0.3) is 5.69 Å².